The molecule has 0 amide bonds. The number of pyridine rings is 2. The third-order valence-corrected chi connectivity index (χ3v) is 7.90. The summed E-state index contributed by atoms with van der Waals surface area (Å²) in [5, 5.41) is 0. The molecule has 0 atom stereocenters. The van der Waals surface area contributed by atoms with E-state index in [1.807, 2.05) is 60.8 Å². The monoisotopic (exact) mass is 719 g/mol. The van der Waals surface area contributed by atoms with Crippen LogP contribution in [0.25, 0.3) is 22.5 Å². The first-order valence-corrected chi connectivity index (χ1v) is 13.8. The average Bonchev–Trinajstić information content (AvgIpc) is 3.06. The first-order valence-electron chi connectivity index (χ1n) is 13.8. The zero-order chi connectivity index (χ0) is 27.8. The summed E-state index contributed by atoms with van der Waals surface area (Å²) in [5.74, 6) is 0. The summed E-state index contributed by atoms with van der Waals surface area (Å²) in [6.45, 7) is 0.205. The molecule has 205 valence electrons. The second-order valence-corrected chi connectivity index (χ2v) is 10.2. The van der Waals surface area contributed by atoms with Gasteiger partial charge in [0.25, 0.3) is 0 Å². The number of anilines is 4. The summed E-state index contributed by atoms with van der Waals surface area (Å²) in [5.41, 5.74) is 13.0. The van der Waals surface area contributed by atoms with Gasteiger partial charge in [0.1, 0.15) is 0 Å². The molecule has 8 rings (SSSR count). The van der Waals surface area contributed by atoms with Gasteiger partial charge in [0.2, 0.25) is 6.71 Å². The van der Waals surface area contributed by atoms with Gasteiger partial charge < -0.3 is 19.8 Å². The van der Waals surface area contributed by atoms with Gasteiger partial charge in [0.05, 0.1) is 0 Å². The number of fused-ring (bicyclic) bond motifs is 4. The smallest absolute Gasteiger partial charge is 0.232 e. The van der Waals surface area contributed by atoms with Gasteiger partial charge in [-0.2, -0.15) is 0 Å². The molecule has 0 saturated heterocycles. The van der Waals surface area contributed by atoms with Crippen LogP contribution in [0, 0.1) is 12.1 Å². The van der Waals surface area contributed by atoms with E-state index < -0.39 is 0 Å². The molecule has 2 aliphatic rings. The van der Waals surface area contributed by atoms with Crippen LogP contribution in [0.1, 0.15) is 0 Å². The van der Waals surface area contributed by atoms with Gasteiger partial charge in [-0.05, 0) is 58.0 Å². The van der Waals surface area contributed by atoms with Crippen LogP contribution in [0.4, 0.5) is 22.7 Å². The molecule has 0 fully saturated rings. The molecule has 0 spiro atoms. The van der Waals surface area contributed by atoms with Crippen LogP contribution in [0.5, 0.6) is 0 Å². The van der Waals surface area contributed by atoms with E-state index in [9.17, 15) is 0 Å². The minimum absolute atomic E-state index is 0. The number of hydrogen-bond donors (Lipinski definition) is 0. The van der Waals surface area contributed by atoms with Crippen molar-refractivity contribution in [3.63, 3.8) is 0 Å². The minimum atomic E-state index is 0. The Morgan fingerprint density at radius 3 is 1.81 bits per heavy atom. The third-order valence-electron chi connectivity index (χ3n) is 7.90. The number of para-hydroxylation sites is 2. The van der Waals surface area contributed by atoms with Crippen LogP contribution < -0.4 is 26.2 Å². The number of nitrogens with zero attached hydrogens (tertiary/aromatic N) is 4. The van der Waals surface area contributed by atoms with E-state index in [2.05, 4.69) is 107 Å². The Morgan fingerprint density at radius 2 is 1.19 bits per heavy atom. The zero-order valence-electron chi connectivity index (χ0n) is 23.3. The standard InChI is InChI=1S/C25H19BN3.C11H8N.Ir/c1-28-21-12-5-3-9-18(21)26-19-10-4-6-13-22(19)29(2)25-17(14-15-23(28)24(25)26)20-11-7-8-16-27-20;1-2-6-10(7-3-1)11-8-4-5-9-12-11;/h3-13,15-16H,1-2H3;1-6,8-9H;/q2*-1;. The average molecular weight is 719 g/mol. The molecule has 4 nitrogen and oxygen atoms in total. The Bertz CT molecular complexity index is 1780. The molecule has 6 heteroatoms. The maximum atomic E-state index is 4.64. The van der Waals surface area contributed by atoms with Gasteiger partial charge in [-0.15, -0.1) is 59.1 Å². The van der Waals surface area contributed by atoms with Crippen LogP contribution in [0.2, 0.25) is 0 Å². The fourth-order valence-corrected chi connectivity index (χ4v) is 6.04. The second kappa shape index (κ2) is 11.8. The topological polar surface area (TPSA) is 32.3 Å². The molecule has 0 unspecified atom stereocenters. The minimum Gasteiger partial charge on any atom is -0.385 e. The Morgan fingerprint density at radius 1 is 0.595 bits per heavy atom. The van der Waals surface area contributed by atoms with E-state index in [0.717, 1.165) is 22.5 Å². The molecule has 6 aromatic rings. The molecule has 0 bridgehead atoms. The fraction of sp³-hybridized carbons (Fsp3) is 0.0556. The van der Waals surface area contributed by atoms with Crippen molar-refractivity contribution < 1.29 is 20.1 Å². The van der Waals surface area contributed by atoms with Crippen molar-refractivity contribution in [2.75, 3.05) is 23.9 Å². The summed E-state index contributed by atoms with van der Waals surface area (Å²) < 4.78 is 0. The Kier molecular flexibility index (Phi) is 7.75. The SMILES string of the molecule is CN1c2ccccc2B2c3ccccc3N(C)c3c(-c4ccccn4)[c-]cc1c32.[Ir].[c-]1ccccc1-c1ccccn1. The molecular formula is C36H27BIrN4-2. The number of hydrogen-bond acceptors (Lipinski definition) is 4. The molecule has 4 aromatic carbocycles. The van der Waals surface area contributed by atoms with E-state index in [0.29, 0.717) is 0 Å². The van der Waals surface area contributed by atoms with Crippen molar-refractivity contribution in [3.05, 3.63) is 140 Å². The van der Waals surface area contributed by atoms with Crippen molar-refractivity contribution >= 4 is 45.9 Å². The molecule has 0 saturated carbocycles. The second-order valence-electron chi connectivity index (χ2n) is 10.2. The molecule has 4 heterocycles. The predicted octanol–water partition coefficient (Wildman–Crippen LogP) is 5.77. The van der Waals surface area contributed by atoms with E-state index in [1.165, 1.54) is 39.1 Å². The van der Waals surface area contributed by atoms with Crippen molar-refractivity contribution in [2.45, 2.75) is 0 Å². The van der Waals surface area contributed by atoms with E-state index in [4.69, 9.17) is 0 Å². The molecule has 0 N–H and O–H groups in total. The first kappa shape index (κ1) is 27.7. The molecule has 0 aliphatic carbocycles. The molecule has 42 heavy (non-hydrogen) atoms. The van der Waals surface area contributed by atoms with Crippen molar-refractivity contribution in [3.8, 4) is 22.5 Å². The van der Waals surface area contributed by atoms with Crippen molar-refractivity contribution in [1.29, 1.82) is 0 Å². The van der Waals surface area contributed by atoms with Gasteiger partial charge in [-0.3, -0.25) is 0 Å². The zero-order valence-corrected chi connectivity index (χ0v) is 25.7. The maximum Gasteiger partial charge on any atom is 0.232 e. The molecular weight excluding hydrogens is 691 g/mol. The Balaban J connectivity index is 0.000000205. The van der Waals surface area contributed by atoms with Crippen LogP contribution in [0.3, 0.4) is 0 Å². The molecule has 1 radical (unpaired) electrons. The number of rotatable bonds is 2. The van der Waals surface area contributed by atoms with Crippen molar-refractivity contribution in [1.82, 2.24) is 9.97 Å². The summed E-state index contributed by atoms with van der Waals surface area (Å²) in [6, 6.07) is 46.1. The van der Waals surface area contributed by atoms with Gasteiger partial charge in [-0.1, -0.05) is 60.7 Å². The number of aromatic nitrogens is 2. The van der Waals surface area contributed by atoms with Gasteiger partial charge >= 0.3 is 0 Å². The Labute approximate surface area is 261 Å². The Hall–Kier alpha value is -4.51. The van der Waals surface area contributed by atoms with Gasteiger partial charge in [0, 0.05) is 58.0 Å². The normalized spacial score (nSPS) is 12.2. The van der Waals surface area contributed by atoms with Gasteiger partial charge in [-0.25, -0.2) is 0 Å². The molecule has 2 aliphatic heterocycles. The predicted molar refractivity (Wildman–Crippen MR) is 171 cm³/mol. The third kappa shape index (κ3) is 4.73. The summed E-state index contributed by atoms with van der Waals surface area (Å²) >= 11 is 0. The van der Waals surface area contributed by atoms with Crippen LogP contribution in [0.15, 0.2) is 128 Å². The van der Waals surface area contributed by atoms with Gasteiger partial charge in [0.15, 0.2) is 0 Å². The van der Waals surface area contributed by atoms with E-state index in [1.54, 1.807) is 6.20 Å². The summed E-state index contributed by atoms with van der Waals surface area (Å²) in [6.07, 6.45) is 3.64. The summed E-state index contributed by atoms with van der Waals surface area (Å²) in [4.78, 5) is 13.5. The van der Waals surface area contributed by atoms with E-state index in [-0.39, 0.29) is 26.8 Å². The fourth-order valence-electron chi connectivity index (χ4n) is 6.04. The first-order chi connectivity index (χ1) is 20.2. The van der Waals surface area contributed by atoms with Crippen LogP contribution >= 0.6 is 0 Å². The largest absolute Gasteiger partial charge is 0.385 e. The van der Waals surface area contributed by atoms with E-state index >= 15 is 0 Å². The maximum absolute atomic E-state index is 4.64. The number of benzene rings is 4. The quantitative estimate of drug-likeness (QED) is 0.168. The van der Waals surface area contributed by atoms with Crippen LogP contribution in [-0.4, -0.2) is 30.8 Å². The van der Waals surface area contributed by atoms with Crippen LogP contribution in [-0.2, 0) is 20.1 Å². The van der Waals surface area contributed by atoms with Crippen molar-refractivity contribution in [2.24, 2.45) is 0 Å². The summed E-state index contributed by atoms with van der Waals surface area (Å²) in [7, 11) is 4.31. The molecule has 2 aromatic heterocycles.